The van der Waals surface area contributed by atoms with Gasteiger partial charge in [0.25, 0.3) is 0 Å². The summed E-state index contributed by atoms with van der Waals surface area (Å²) in [5, 5.41) is 6.31. The molecule has 2 rings (SSSR count). The van der Waals surface area contributed by atoms with E-state index < -0.39 is 5.82 Å². The summed E-state index contributed by atoms with van der Waals surface area (Å²) in [7, 11) is 0. The minimum atomic E-state index is -0.404. The van der Waals surface area contributed by atoms with Crippen molar-refractivity contribution in [3.05, 3.63) is 39.4 Å². The Hall–Kier alpha value is -0.680. The summed E-state index contributed by atoms with van der Waals surface area (Å²) >= 11 is 7.33. The van der Waals surface area contributed by atoms with Gasteiger partial charge in [0.05, 0.1) is 10.7 Å². The molecule has 2 nitrogen and oxygen atoms in total. The van der Waals surface area contributed by atoms with Crippen molar-refractivity contribution in [1.82, 2.24) is 10.3 Å². The molecule has 0 aliphatic heterocycles. The number of hydrogen-bond donors (Lipinski definition) is 1. The van der Waals surface area contributed by atoms with Crippen molar-refractivity contribution < 1.29 is 4.39 Å². The molecule has 0 saturated carbocycles. The van der Waals surface area contributed by atoms with Crippen LogP contribution >= 0.6 is 35.3 Å². The molecule has 0 unspecified atom stereocenters. The number of hydrogen-bond acceptors (Lipinski definition) is 3. The lowest BCUT2D eigenvalue weighted by Crippen LogP contribution is -2.11. The SMILES string of the molecule is CCNCc1nc(-c2ccc(F)c(Cl)c2)cs1.Cl. The maximum absolute atomic E-state index is 13.0. The Morgan fingerprint density at radius 1 is 1.44 bits per heavy atom. The lowest BCUT2D eigenvalue weighted by atomic mass is 10.2. The maximum atomic E-state index is 13.0. The molecule has 0 saturated heterocycles. The number of halogens is 3. The van der Waals surface area contributed by atoms with Crippen molar-refractivity contribution in [3.8, 4) is 11.3 Å². The highest BCUT2D eigenvalue weighted by Gasteiger charge is 2.07. The molecule has 0 aliphatic carbocycles. The summed E-state index contributed by atoms with van der Waals surface area (Å²) in [4.78, 5) is 4.46. The van der Waals surface area contributed by atoms with Gasteiger partial charge in [-0.15, -0.1) is 23.7 Å². The number of benzene rings is 1. The molecular weight excluding hydrogens is 294 g/mol. The van der Waals surface area contributed by atoms with E-state index in [9.17, 15) is 4.39 Å². The summed E-state index contributed by atoms with van der Waals surface area (Å²) in [6.45, 7) is 3.72. The quantitative estimate of drug-likeness (QED) is 0.918. The number of aromatic nitrogens is 1. The highest BCUT2D eigenvalue weighted by atomic mass is 35.5. The van der Waals surface area contributed by atoms with Crippen LogP contribution in [0.5, 0.6) is 0 Å². The number of rotatable bonds is 4. The Morgan fingerprint density at radius 3 is 2.89 bits per heavy atom. The van der Waals surface area contributed by atoms with Gasteiger partial charge in [-0.3, -0.25) is 0 Å². The third-order valence-corrected chi connectivity index (χ3v) is 3.43. The van der Waals surface area contributed by atoms with Crippen molar-refractivity contribution in [2.45, 2.75) is 13.5 Å². The van der Waals surface area contributed by atoms with Crippen LogP contribution in [0.15, 0.2) is 23.6 Å². The Morgan fingerprint density at radius 2 is 2.22 bits per heavy atom. The average Bonchev–Trinajstić information content (AvgIpc) is 2.79. The van der Waals surface area contributed by atoms with E-state index in [0.717, 1.165) is 29.4 Å². The largest absolute Gasteiger partial charge is 0.311 e. The summed E-state index contributed by atoms with van der Waals surface area (Å²) in [5.74, 6) is -0.404. The normalized spacial score (nSPS) is 10.2. The first kappa shape index (κ1) is 15.4. The van der Waals surface area contributed by atoms with Gasteiger partial charge < -0.3 is 5.32 Å². The van der Waals surface area contributed by atoms with E-state index in [4.69, 9.17) is 11.6 Å². The molecule has 1 N–H and O–H groups in total. The first-order chi connectivity index (χ1) is 8.20. The molecule has 6 heteroatoms. The monoisotopic (exact) mass is 306 g/mol. The van der Waals surface area contributed by atoms with Gasteiger partial charge in [0.15, 0.2) is 0 Å². The molecule has 1 aromatic carbocycles. The topological polar surface area (TPSA) is 24.9 Å². The highest BCUT2D eigenvalue weighted by molar-refractivity contribution is 7.09. The van der Waals surface area contributed by atoms with Crippen LogP contribution < -0.4 is 5.32 Å². The zero-order valence-electron chi connectivity index (χ0n) is 9.74. The van der Waals surface area contributed by atoms with E-state index in [2.05, 4.69) is 10.3 Å². The highest BCUT2D eigenvalue weighted by Crippen LogP contribution is 2.26. The van der Waals surface area contributed by atoms with Gasteiger partial charge in [0.1, 0.15) is 10.8 Å². The third-order valence-electron chi connectivity index (χ3n) is 2.29. The minimum absolute atomic E-state index is 0. The standard InChI is InChI=1S/C12H12ClFN2S.ClH/c1-2-15-6-12-16-11(7-17-12)8-3-4-10(14)9(13)5-8;/h3-5,7,15H,2,6H2,1H3;1H. The van der Waals surface area contributed by atoms with Crippen molar-refractivity contribution in [2.24, 2.45) is 0 Å². The van der Waals surface area contributed by atoms with E-state index in [1.54, 1.807) is 23.5 Å². The second-order valence-electron chi connectivity index (χ2n) is 3.54. The van der Waals surface area contributed by atoms with Crippen LogP contribution in [-0.4, -0.2) is 11.5 Å². The molecule has 98 valence electrons. The summed E-state index contributed by atoms with van der Waals surface area (Å²) < 4.78 is 13.0. The lowest BCUT2D eigenvalue weighted by molar-refractivity contribution is 0.628. The lowest BCUT2D eigenvalue weighted by Gasteiger charge is -1.99. The van der Waals surface area contributed by atoms with Gasteiger partial charge in [0.2, 0.25) is 0 Å². The summed E-state index contributed by atoms with van der Waals surface area (Å²) in [5.41, 5.74) is 1.68. The number of nitrogens with zero attached hydrogens (tertiary/aromatic N) is 1. The van der Waals surface area contributed by atoms with E-state index in [0.29, 0.717) is 0 Å². The average molecular weight is 307 g/mol. The van der Waals surface area contributed by atoms with Crippen LogP contribution in [0.1, 0.15) is 11.9 Å². The smallest absolute Gasteiger partial charge is 0.141 e. The van der Waals surface area contributed by atoms with Crippen molar-refractivity contribution in [1.29, 1.82) is 0 Å². The van der Waals surface area contributed by atoms with Crippen molar-refractivity contribution in [3.63, 3.8) is 0 Å². The fourth-order valence-corrected chi connectivity index (χ4v) is 2.37. The molecule has 0 aliphatic rings. The molecule has 0 amide bonds. The first-order valence-electron chi connectivity index (χ1n) is 5.31. The Labute approximate surface area is 121 Å². The number of nitrogens with one attached hydrogen (secondary N) is 1. The van der Waals surface area contributed by atoms with Gasteiger partial charge in [-0.25, -0.2) is 9.37 Å². The van der Waals surface area contributed by atoms with Crippen molar-refractivity contribution >= 4 is 35.3 Å². The Bertz CT molecular complexity index is 517. The fraction of sp³-hybridized carbons (Fsp3) is 0.250. The maximum Gasteiger partial charge on any atom is 0.141 e. The van der Waals surface area contributed by atoms with Gasteiger partial charge in [-0.05, 0) is 24.7 Å². The Balaban J connectivity index is 0.00000162. The molecule has 0 bridgehead atoms. The summed E-state index contributed by atoms with van der Waals surface area (Å²) in [6.07, 6.45) is 0. The molecule has 0 radical (unpaired) electrons. The van der Waals surface area contributed by atoms with Gasteiger partial charge in [-0.2, -0.15) is 0 Å². The predicted molar refractivity (Wildman–Crippen MR) is 77.1 cm³/mol. The third kappa shape index (κ3) is 3.65. The molecular formula is C12H13Cl2FN2S. The predicted octanol–water partition coefficient (Wildman–Crippen LogP) is 4.13. The summed E-state index contributed by atoms with van der Waals surface area (Å²) in [6, 6.07) is 4.65. The van der Waals surface area contributed by atoms with Crippen LogP contribution in [0, 0.1) is 5.82 Å². The van der Waals surface area contributed by atoms with Crippen LogP contribution in [-0.2, 0) is 6.54 Å². The molecule has 1 heterocycles. The van der Waals surface area contributed by atoms with E-state index >= 15 is 0 Å². The molecule has 2 aromatic rings. The minimum Gasteiger partial charge on any atom is -0.311 e. The van der Waals surface area contributed by atoms with E-state index in [1.165, 1.54) is 6.07 Å². The second kappa shape index (κ2) is 7.04. The number of thiazole rings is 1. The van der Waals surface area contributed by atoms with Gasteiger partial charge in [-0.1, -0.05) is 18.5 Å². The van der Waals surface area contributed by atoms with Crippen molar-refractivity contribution in [2.75, 3.05) is 6.54 Å². The van der Waals surface area contributed by atoms with E-state index in [-0.39, 0.29) is 17.4 Å². The van der Waals surface area contributed by atoms with Crippen LogP contribution in [0.2, 0.25) is 5.02 Å². The van der Waals surface area contributed by atoms with Gasteiger partial charge >= 0.3 is 0 Å². The first-order valence-corrected chi connectivity index (χ1v) is 6.57. The molecule has 0 atom stereocenters. The van der Waals surface area contributed by atoms with E-state index in [1.807, 2.05) is 12.3 Å². The molecule has 0 spiro atoms. The van der Waals surface area contributed by atoms with Crippen LogP contribution in [0.4, 0.5) is 4.39 Å². The van der Waals surface area contributed by atoms with Crippen LogP contribution in [0.25, 0.3) is 11.3 Å². The zero-order chi connectivity index (χ0) is 12.3. The molecule has 18 heavy (non-hydrogen) atoms. The van der Waals surface area contributed by atoms with Gasteiger partial charge in [0, 0.05) is 17.5 Å². The Kier molecular flexibility index (Phi) is 6.02. The molecule has 0 fully saturated rings. The zero-order valence-corrected chi connectivity index (χ0v) is 12.1. The van der Waals surface area contributed by atoms with Crippen LogP contribution in [0.3, 0.4) is 0 Å². The molecule has 1 aromatic heterocycles. The second-order valence-corrected chi connectivity index (χ2v) is 4.89. The fourth-order valence-electron chi connectivity index (χ4n) is 1.41.